The molecule has 0 aromatic rings. The number of hydrogen-bond donors (Lipinski definition) is 0. The van der Waals surface area contributed by atoms with Crippen LogP contribution in [0.15, 0.2) is 0 Å². The molecule has 1 aliphatic rings. The zero-order chi connectivity index (χ0) is 8.97. The first kappa shape index (κ1) is 13.2. The first-order chi connectivity index (χ1) is 5.68. The molecule has 0 spiro atoms. The van der Waals surface area contributed by atoms with Gasteiger partial charge in [-0.3, -0.25) is 4.79 Å². The molecule has 0 aromatic carbocycles. The van der Waals surface area contributed by atoms with E-state index < -0.39 is 0 Å². The van der Waals surface area contributed by atoms with Crippen LogP contribution in [0.4, 0.5) is 0 Å². The van der Waals surface area contributed by atoms with E-state index in [1.807, 2.05) is 0 Å². The minimum atomic E-state index is 0. The van der Waals surface area contributed by atoms with E-state index in [-0.39, 0.29) is 18.6 Å². The molecule has 0 unspecified atom stereocenters. The van der Waals surface area contributed by atoms with E-state index >= 15 is 0 Å². The number of carbonyl (C=O) groups excluding carboxylic acids is 1. The summed E-state index contributed by atoms with van der Waals surface area (Å²) in [5.74, 6) is 0.300. The van der Waals surface area contributed by atoms with Crippen molar-refractivity contribution >= 4 is 5.78 Å². The Balaban J connectivity index is 0.00000144. The maximum atomic E-state index is 10.7. The average Bonchev–Trinajstić information content (AvgIpc) is 2.03. The van der Waals surface area contributed by atoms with E-state index in [0.29, 0.717) is 12.2 Å². The molecular formula is C9H18N2OV. The van der Waals surface area contributed by atoms with Crippen LogP contribution in [0, 0.1) is 0 Å². The fourth-order valence-electron chi connectivity index (χ4n) is 1.39. The average molecular weight is 221 g/mol. The van der Waals surface area contributed by atoms with Crippen molar-refractivity contribution in [3.63, 3.8) is 0 Å². The summed E-state index contributed by atoms with van der Waals surface area (Å²) in [5, 5.41) is 0. The van der Waals surface area contributed by atoms with Crippen molar-refractivity contribution in [1.82, 2.24) is 9.80 Å². The van der Waals surface area contributed by atoms with Crippen LogP contribution < -0.4 is 0 Å². The summed E-state index contributed by atoms with van der Waals surface area (Å²) >= 11 is 0. The molecule has 13 heavy (non-hydrogen) atoms. The summed E-state index contributed by atoms with van der Waals surface area (Å²) in [7, 11) is 2.14. The van der Waals surface area contributed by atoms with Crippen molar-refractivity contribution < 1.29 is 23.4 Å². The molecule has 1 saturated heterocycles. The van der Waals surface area contributed by atoms with E-state index in [1.54, 1.807) is 6.92 Å². The van der Waals surface area contributed by atoms with E-state index in [9.17, 15) is 4.79 Å². The Kier molecular flexibility index (Phi) is 6.69. The first-order valence-electron chi connectivity index (χ1n) is 4.59. The van der Waals surface area contributed by atoms with Gasteiger partial charge in [-0.25, -0.2) is 0 Å². The van der Waals surface area contributed by atoms with Crippen LogP contribution in [-0.2, 0) is 23.4 Å². The van der Waals surface area contributed by atoms with Gasteiger partial charge in [-0.05, 0) is 14.0 Å². The molecule has 0 N–H and O–H groups in total. The van der Waals surface area contributed by atoms with E-state index in [1.165, 1.54) is 0 Å². The summed E-state index contributed by atoms with van der Waals surface area (Å²) in [6.07, 6.45) is 0.712. The van der Waals surface area contributed by atoms with Gasteiger partial charge < -0.3 is 9.80 Å². The van der Waals surface area contributed by atoms with Crippen molar-refractivity contribution in [3.05, 3.63) is 0 Å². The summed E-state index contributed by atoms with van der Waals surface area (Å²) in [5.41, 5.74) is 0. The number of hydrogen-bond acceptors (Lipinski definition) is 3. The molecule has 1 rings (SSSR count). The summed E-state index contributed by atoms with van der Waals surface area (Å²) in [6.45, 7) is 7.11. The van der Waals surface area contributed by atoms with Gasteiger partial charge in [0.2, 0.25) is 0 Å². The van der Waals surface area contributed by atoms with Gasteiger partial charge in [-0.15, -0.1) is 0 Å². The van der Waals surface area contributed by atoms with Gasteiger partial charge in [0.25, 0.3) is 0 Å². The number of piperazine rings is 1. The third-order valence-corrected chi connectivity index (χ3v) is 2.38. The number of carbonyl (C=O) groups is 1. The van der Waals surface area contributed by atoms with Crippen LogP contribution in [0.25, 0.3) is 0 Å². The fourth-order valence-corrected chi connectivity index (χ4v) is 1.39. The zero-order valence-corrected chi connectivity index (χ0v) is 9.89. The SMILES string of the molecule is CC(=O)CCN1CCN(C)CC1.[V]. The second-order valence-electron chi connectivity index (χ2n) is 3.60. The number of ketones is 1. The fraction of sp³-hybridized carbons (Fsp3) is 0.889. The first-order valence-corrected chi connectivity index (χ1v) is 4.59. The van der Waals surface area contributed by atoms with Crippen LogP contribution in [-0.4, -0.2) is 55.4 Å². The Morgan fingerprint density at radius 2 is 1.77 bits per heavy atom. The molecule has 0 saturated carbocycles. The van der Waals surface area contributed by atoms with Gasteiger partial charge in [-0.1, -0.05) is 0 Å². The van der Waals surface area contributed by atoms with Gasteiger partial charge in [-0.2, -0.15) is 0 Å². The zero-order valence-electron chi connectivity index (χ0n) is 8.49. The summed E-state index contributed by atoms with van der Waals surface area (Å²) in [4.78, 5) is 15.4. The maximum absolute atomic E-state index is 10.7. The number of nitrogens with zero attached hydrogens (tertiary/aromatic N) is 2. The van der Waals surface area contributed by atoms with Gasteiger partial charge in [0.1, 0.15) is 5.78 Å². The summed E-state index contributed by atoms with van der Waals surface area (Å²) < 4.78 is 0. The van der Waals surface area contributed by atoms with Crippen LogP contribution in [0.3, 0.4) is 0 Å². The topological polar surface area (TPSA) is 23.6 Å². The molecule has 1 radical (unpaired) electrons. The smallest absolute Gasteiger partial charge is 0.131 e. The van der Waals surface area contributed by atoms with Crippen molar-refractivity contribution in [1.29, 1.82) is 0 Å². The quantitative estimate of drug-likeness (QED) is 0.680. The second kappa shape index (κ2) is 6.60. The molecule has 0 bridgehead atoms. The third kappa shape index (κ3) is 5.47. The van der Waals surface area contributed by atoms with Crippen molar-refractivity contribution in [2.24, 2.45) is 0 Å². The monoisotopic (exact) mass is 221 g/mol. The Morgan fingerprint density at radius 3 is 2.23 bits per heavy atom. The van der Waals surface area contributed by atoms with Gasteiger partial charge in [0, 0.05) is 57.7 Å². The minimum absolute atomic E-state index is 0. The molecule has 75 valence electrons. The van der Waals surface area contributed by atoms with Gasteiger partial charge >= 0.3 is 0 Å². The molecule has 1 heterocycles. The van der Waals surface area contributed by atoms with Crippen molar-refractivity contribution in [2.45, 2.75) is 13.3 Å². The molecule has 3 nitrogen and oxygen atoms in total. The third-order valence-electron chi connectivity index (χ3n) is 2.38. The van der Waals surface area contributed by atoms with Crippen molar-refractivity contribution in [2.75, 3.05) is 39.8 Å². The standard InChI is InChI=1S/C9H18N2O.V/c1-9(12)3-4-11-7-5-10(2)6-8-11;/h3-8H2,1-2H3;. The Morgan fingerprint density at radius 1 is 1.23 bits per heavy atom. The predicted molar refractivity (Wildman–Crippen MR) is 49.2 cm³/mol. The molecule has 1 aliphatic heterocycles. The van der Waals surface area contributed by atoms with E-state index in [2.05, 4.69) is 16.8 Å². The van der Waals surface area contributed by atoms with Crippen LogP contribution in [0.1, 0.15) is 13.3 Å². The number of rotatable bonds is 3. The van der Waals surface area contributed by atoms with Crippen LogP contribution in [0.2, 0.25) is 0 Å². The Hall–Kier alpha value is 0.174. The molecule has 4 heteroatoms. The van der Waals surface area contributed by atoms with Crippen LogP contribution in [0.5, 0.6) is 0 Å². The number of likely N-dealkylation sites (N-methyl/N-ethyl adjacent to an activating group) is 1. The molecule has 0 aliphatic carbocycles. The van der Waals surface area contributed by atoms with E-state index in [4.69, 9.17) is 0 Å². The van der Waals surface area contributed by atoms with Gasteiger partial charge in [0.05, 0.1) is 0 Å². The Bertz CT molecular complexity index is 156. The molecule has 0 aromatic heterocycles. The maximum Gasteiger partial charge on any atom is 0.131 e. The molecule has 0 atom stereocenters. The van der Waals surface area contributed by atoms with E-state index in [0.717, 1.165) is 32.7 Å². The molecule has 1 fully saturated rings. The molecular weight excluding hydrogens is 203 g/mol. The predicted octanol–water partition coefficient (Wildman–Crippen LogP) is 0.210. The summed E-state index contributed by atoms with van der Waals surface area (Å²) in [6, 6.07) is 0. The van der Waals surface area contributed by atoms with Crippen LogP contribution >= 0.6 is 0 Å². The molecule has 0 amide bonds. The van der Waals surface area contributed by atoms with Gasteiger partial charge in [0.15, 0.2) is 0 Å². The second-order valence-corrected chi connectivity index (χ2v) is 3.60. The minimum Gasteiger partial charge on any atom is -0.304 e. The largest absolute Gasteiger partial charge is 0.304 e. The number of Topliss-reactive ketones (excluding diaryl/α,β-unsaturated/α-hetero) is 1. The normalized spacial score (nSPS) is 19.5. The van der Waals surface area contributed by atoms with Crippen molar-refractivity contribution in [3.8, 4) is 0 Å². The Labute approximate surface area is 92.3 Å².